The molecular weight excluding hydrogens is 464 g/mol. The lowest BCUT2D eigenvalue weighted by molar-refractivity contribution is 0.0868. The molecule has 3 aromatic rings. The van der Waals surface area contributed by atoms with Gasteiger partial charge in [0, 0.05) is 30.7 Å². The molecule has 2 aliphatic heterocycles. The van der Waals surface area contributed by atoms with Crippen molar-refractivity contribution in [3.05, 3.63) is 63.5 Å². The zero-order valence-corrected chi connectivity index (χ0v) is 19.6. The molecule has 0 atom stereocenters. The number of hydrogen-bond donors (Lipinski definition) is 1. The number of sulfonamides is 1. The molecule has 1 fully saturated rings. The number of carbonyl (C=O) groups excluding carboxylic acids is 1. The Morgan fingerprint density at radius 1 is 1.00 bits per heavy atom. The number of amides is 1. The maximum absolute atomic E-state index is 12.6. The van der Waals surface area contributed by atoms with E-state index < -0.39 is 15.9 Å². The zero-order valence-electron chi connectivity index (χ0n) is 18.0. The van der Waals surface area contributed by atoms with E-state index in [-0.39, 0.29) is 28.7 Å². The first kappa shape index (κ1) is 22.2. The molecule has 0 aliphatic carbocycles. The van der Waals surface area contributed by atoms with Crippen molar-refractivity contribution in [1.82, 2.24) is 18.8 Å². The lowest BCUT2D eigenvalue weighted by atomic mass is 10.0. The second kappa shape index (κ2) is 8.62. The van der Waals surface area contributed by atoms with Crippen LogP contribution in [-0.2, 0) is 10.0 Å². The van der Waals surface area contributed by atoms with Crippen LogP contribution in [0, 0.1) is 0 Å². The van der Waals surface area contributed by atoms with Crippen molar-refractivity contribution in [2.75, 3.05) is 26.2 Å². The fourth-order valence-electron chi connectivity index (χ4n) is 4.91. The van der Waals surface area contributed by atoms with E-state index in [1.807, 2.05) is 10.6 Å². The second-order valence-electron chi connectivity index (χ2n) is 8.62. The number of carbonyl (C=O) groups is 1. The normalized spacial score (nSPS) is 18.8. The predicted molar refractivity (Wildman–Crippen MR) is 126 cm³/mol. The van der Waals surface area contributed by atoms with E-state index in [0.29, 0.717) is 11.4 Å². The van der Waals surface area contributed by atoms with E-state index in [4.69, 9.17) is 11.6 Å². The largest absolute Gasteiger partial charge is 0.326 e. The minimum atomic E-state index is -3.73. The molecule has 1 aromatic heterocycles. The van der Waals surface area contributed by atoms with E-state index in [1.54, 1.807) is 30.3 Å². The molecule has 1 amide bonds. The number of benzene rings is 2. The number of aromatic nitrogens is 2. The molecule has 1 N–H and O–H groups in total. The topological polar surface area (TPSA) is 95.5 Å². The highest BCUT2D eigenvalue weighted by molar-refractivity contribution is 7.90. The highest BCUT2D eigenvalue weighted by atomic mass is 35.5. The number of hydrogen-bond acceptors (Lipinski definition) is 5. The zero-order chi connectivity index (χ0) is 23.2. The molecule has 0 saturated carbocycles. The fraction of sp³-hybridized carbons (Fsp3) is 0.391. The van der Waals surface area contributed by atoms with Gasteiger partial charge in [-0.3, -0.25) is 9.36 Å². The first-order valence-corrected chi connectivity index (χ1v) is 13.0. The van der Waals surface area contributed by atoms with Gasteiger partial charge in [0.2, 0.25) is 0 Å². The maximum atomic E-state index is 12.6. The summed E-state index contributed by atoms with van der Waals surface area (Å²) in [4.78, 5) is 30.3. The second-order valence-corrected chi connectivity index (χ2v) is 10.9. The number of aromatic amines is 1. The van der Waals surface area contributed by atoms with Gasteiger partial charge in [-0.2, -0.15) is 0 Å². The van der Waals surface area contributed by atoms with Gasteiger partial charge in [-0.25, -0.2) is 17.5 Å². The summed E-state index contributed by atoms with van der Waals surface area (Å²) in [6.07, 6.45) is 3.14. The Kier molecular flexibility index (Phi) is 5.80. The molecule has 5 rings (SSSR count). The molecule has 0 radical (unpaired) electrons. The number of nitrogens with zero attached hydrogens (tertiary/aromatic N) is 3. The number of imidazole rings is 1. The first-order valence-electron chi connectivity index (χ1n) is 11.1. The average Bonchev–Trinajstić information content (AvgIpc) is 3.22. The third-order valence-electron chi connectivity index (χ3n) is 6.60. The SMILES string of the molecule is O=C1c2ccccc2S(=O)(=O)N1CCCCN1CCC(n2c(=O)[nH]c3cc(Cl)ccc32)CC1. The summed E-state index contributed by atoms with van der Waals surface area (Å²) in [5.41, 5.74) is 1.78. The molecule has 2 aliphatic rings. The van der Waals surface area contributed by atoms with E-state index in [1.165, 1.54) is 6.07 Å². The van der Waals surface area contributed by atoms with Gasteiger partial charge in [0.05, 0.1) is 16.6 Å². The van der Waals surface area contributed by atoms with Gasteiger partial charge in [-0.05, 0) is 62.6 Å². The van der Waals surface area contributed by atoms with Crippen molar-refractivity contribution in [1.29, 1.82) is 0 Å². The molecule has 2 aromatic carbocycles. The third-order valence-corrected chi connectivity index (χ3v) is 8.67. The minimum absolute atomic E-state index is 0.104. The number of nitrogens with one attached hydrogen (secondary N) is 1. The number of H-pyrrole nitrogens is 1. The van der Waals surface area contributed by atoms with E-state index in [0.717, 1.165) is 54.2 Å². The van der Waals surface area contributed by atoms with Crippen molar-refractivity contribution >= 4 is 38.6 Å². The lowest BCUT2D eigenvalue weighted by Gasteiger charge is -2.32. The van der Waals surface area contributed by atoms with E-state index >= 15 is 0 Å². The summed E-state index contributed by atoms with van der Waals surface area (Å²) in [6.45, 7) is 2.76. The monoisotopic (exact) mass is 488 g/mol. The van der Waals surface area contributed by atoms with Crippen molar-refractivity contribution in [2.24, 2.45) is 0 Å². The van der Waals surface area contributed by atoms with Crippen LogP contribution >= 0.6 is 11.6 Å². The molecule has 0 spiro atoms. The van der Waals surface area contributed by atoms with Crippen molar-refractivity contribution in [3.8, 4) is 0 Å². The van der Waals surface area contributed by atoms with Gasteiger partial charge >= 0.3 is 5.69 Å². The molecule has 0 unspecified atom stereocenters. The standard InChI is InChI=1S/C23H25ClN4O4S/c24-16-7-8-20-19(15-16)25-23(30)28(20)17-9-13-26(14-10-17)11-3-4-12-27-22(29)18-5-1-2-6-21(18)33(27,31)32/h1-2,5-8,15,17H,3-4,9-14H2,(H,25,30). The molecule has 0 bridgehead atoms. The smallest absolute Gasteiger partial charge is 0.305 e. The third kappa shape index (κ3) is 3.98. The van der Waals surface area contributed by atoms with Crippen LogP contribution < -0.4 is 5.69 Å². The maximum Gasteiger partial charge on any atom is 0.326 e. The Balaban J connectivity index is 1.13. The summed E-state index contributed by atoms with van der Waals surface area (Å²) >= 11 is 6.04. The van der Waals surface area contributed by atoms with Gasteiger partial charge in [0.1, 0.15) is 4.90 Å². The molecule has 3 heterocycles. The Bertz CT molecular complexity index is 1370. The molecule has 10 heteroatoms. The summed E-state index contributed by atoms with van der Waals surface area (Å²) in [7, 11) is -3.73. The van der Waals surface area contributed by atoms with Crippen LogP contribution in [0.2, 0.25) is 5.02 Å². The Labute approximate surface area is 196 Å². The van der Waals surface area contributed by atoms with Gasteiger partial charge in [-0.15, -0.1) is 0 Å². The number of fused-ring (bicyclic) bond motifs is 2. The van der Waals surface area contributed by atoms with Crippen LogP contribution in [0.3, 0.4) is 0 Å². The minimum Gasteiger partial charge on any atom is -0.305 e. The van der Waals surface area contributed by atoms with Gasteiger partial charge in [0.15, 0.2) is 0 Å². The molecule has 174 valence electrons. The number of rotatable bonds is 6. The Hall–Kier alpha value is -2.62. The van der Waals surface area contributed by atoms with Crippen LogP contribution in [0.1, 0.15) is 42.1 Å². The van der Waals surface area contributed by atoms with Crippen LogP contribution in [0.15, 0.2) is 52.2 Å². The summed E-state index contributed by atoms with van der Waals surface area (Å²) in [6, 6.07) is 12.0. The Morgan fingerprint density at radius 3 is 2.48 bits per heavy atom. The van der Waals surface area contributed by atoms with E-state index in [2.05, 4.69) is 9.88 Å². The van der Waals surface area contributed by atoms with Crippen LogP contribution in [0.4, 0.5) is 0 Å². The summed E-state index contributed by atoms with van der Waals surface area (Å²) < 4.78 is 28.1. The molecule has 1 saturated heterocycles. The average molecular weight is 489 g/mol. The van der Waals surface area contributed by atoms with Crippen LogP contribution in [0.5, 0.6) is 0 Å². The quantitative estimate of drug-likeness (QED) is 0.537. The lowest BCUT2D eigenvalue weighted by Crippen LogP contribution is -2.37. The predicted octanol–water partition coefficient (Wildman–Crippen LogP) is 3.24. The Morgan fingerprint density at radius 2 is 1.73 bits per heavy atom. The van der Waals surface area contributed by atoms with Crippen molar-refractivity contribution < 1.29 is 13.2 Å². The summed E-state index contributed by atoms with van der Waals surface area (Å²) in [5, 5.41) is 0.595. The van der Waals surface area contributed by atoms with Gasteiger partial charge < -0.3 is 9.88 Å². The van der Waals surface area contributed by atoms with Gasteiger partial charge in [0.25, 0.3) is 15.9 Å². The molecule has 33 heavy (non-hydrogen) atoms. The van der Waals surface area contributed by atoms with Crippen molar-refractivity contribution in [3.63, 3.8) is 0 Å². The van der Waals surface area contributed by atoms with Crippen LogP contribution in [-0.4, -0.2) is 59.3 Å². The van der Waals surface area contributed by atoms with Crippen molar-refractivity contribution in [2.45, 2.75) is 36.6 Å². The van der Waals surface area contributed by atoms with E-state index in [9.17, 15) is 18.0 Å². The molecule has 8 nitrogen and oxygen atoms in total. The van der Waals surface area contributed by atoms with Crippen LogP contribution in [0.25, 0.3) is 11.0 Å². The van der Waals surface area contributed by atoms with Gasteiger partial charge in [-0.1, -0.05) is 23.7 Å². The number of piperidine rings is 1. The highest BCUT2D eigenvalue weighted by Gasteiger charge is 2.40. The number of likely N-dealkylation sites (tertiary alicyclic amines) is 1. The number of halogens is 1. The molecular formula is C23H25ClN4O4S. The summed E-state index contributed by atoms with van der Waals surface area (Å²) in [5.74, 6) is -0.433. The highest BCUT2D eigenvalue weighted by Crippen LogP contribution is 2.30. The number of unbranched alkanes of at least 4 members (excludes halogenated alkanes) is 1. The fourth-order valence-corrected chi connectivity index (χ4v) is 6.69. The first-order chi connectivity index (χ1) is 15.9.